The van der Waals surface area contributed by atoms with E-state index in [-0.39, 0.29) is 5.91 Å². The van der Waals surface area contributed by atoms with Gasteiger partial charge in [-0.05, 0) is 38.2 Å². The number of amides is 1. The van der Waals surface area contributed by atoms with Gasteiger partial charge >= 0.3 is 0 Å². The molecule has 5 heterocycles. The molecule has 0 radical (unpaired) electrons. The van der Waals surface area contributed by atoms with Crippen molar-refractivity contribution in [3.05, 3.63) is 29.7 Å². The highest BCUT2D eigenvalue weighted by atomic mass is 16.5. The quantitative estimate of drug-likeness (QED) is 0.788. The first-order valence-electron chi connectivity index (χ1n) is 10.6. The van der Waals surface area contributed by atoms with Crippen molar-refractivity contribution in [1.82, 2.24) is 25.7 Å². The number of carbonyl (C=O) groups excluding carboxylic acids is 1. The highest BCUT2D eigenvalue weighted by Crippen LogP contribution is 2.31. The Labute approximate surface area is 169 Å². The molecule has 2 atom stereocenters. The molecule has 2 unspecified atom stereocenters. The minimum Gasteiger partial charge on any atom is -0.371 e. The first-order chi connectivity index (χ1) is 14.3. The molecule has 0 aliphatic carbocycles. The predicted molar refractivity (Wildman–Crippen MR) is 108 cm³/mol. The fourth-order valence-corrected chi connectivity index (χ4v) is 4.53. The summed E-state index contributed by atoms with van der Waals surface area (Å²) in [4.78, 5) is 17.0. The predicted octanol–water partition coefficient (Wildman–Crippen LogP) is 1.49. The maximum atomic E-state index is 12.3. The largest absolute Gasteiger partial charge is 0.371 e. The van der Waals surface area contributed by atoms with Crippen molar-refractivity contribution in [1.29, 1.82) is 0 Å². The normalized spacial score (nSPS) is 24.0. The molecular weight excluding hydrogens is 370 g/mol. The third-order valence-corrected chi connectivity index (χ3v) is 6.06. The highest BCUT2D eigenvalue weighted by molar-refractivity contribution is 5.92. The second-order valence-corrected chi connectivity index (χ2v) is 8.10. The van der Waals surface area contributed by atoms with Crippen LogP contribution < -0.4 is 15.1 Å². The van der Waals surface area contributed by atoms with Crippen molar-refractivity contribution in [2.75, 3.05) is 36.0 Å². The van der Waals surface area contributed by atoms with Crippen molar-refractivity contribution < 1.29 is 9.53 Å². The second-order valence-electron chi connectivity index (χ2n) is 8.10. The number of rotatable bonds is 5. The van der Waals surface area contributed by atoms with Gasteiger partial charge in [0.1, 0.15) is 11.4 Å². The number of anilines is 2. The molecule has 3 fully saturated rings. The smallest absolute Gasteiger partial charge is 0.269 e. The standard InChI is InChI=1S/C20H27N7O2/c28-20(16-6-7-22-23-16)21-11-17-18(26-8-2-1-3-9-26)10-19(25-24-17)27-12-14-4-5-15(13-27)29-14/h6-7,10,14-15H,1-5,8-9,11-13H2,(H,21,28)(H,22,23). The van der Waals surface area contributed by atoms with Gasteiger partial charge in [-0.25, -0.2) is 0 Å². The van der Waals surface area contributed by atoms with E-state index >= 15 is 0 Å². The van der Waals surface area contributed by atoms with E-state index in [9.17, 15) is 4.79 Å². The van der Waals surface area contributed by atoms with Gasteiger partial charge < -0.3 is 19.9 Å². The third-order valence-electron chi connectivity index (χ3n) is 6.06. The summed E-state index contributed by atoms with van der Waals surface area (Å²) in [5.41, 5.74) is 2.33. The number of H-pyrrole nitrogens is 1. The van der Waals surface area contributed by atoms with Crippen LogP contribution in [0.4, 0.5) is 11.5 Å². The van der Waals surface area contributed by atoms with Gasteiger partial charge in [0.25, 0.3) is 5.91 Å². The number of aromatic amines is 1. The van der Waals surface area contributed by atoms with Gasteiger partial charge in [-0.15, -0.1) is 10.2 Å². The summed E-state index contributed by atoms with van der Waals surface area (Å²) < 4.78 is 5.96. The van der Waals surface area contributed by atoms with Crippen LogP contribution in [0, 0.1) is 0 Å². The van der Waals surface area contributed by atoms with Crippen LogP contribution in [-0.4, -0.2) is 64.7 Å². The van der Waals surface area contributed by atoms with Crippen LogP contribution in [-0.2, 0) is 11.3 Å². The molecule has 0 spiro atoms. The van der Waals surface area contributed by atoms with Crippen molar-refractivity contribution >= 4 is 17.4 Å². The Morgan fingerprint density at radius 1 is 1.14 bits per heavy atom. The minimum absolute atomic E-state index is 0.192. The molecule has 3 saturated heterocycles. The van der Waals surface area contributed by atoms with E-state index in [1.165, 1.54) is 19.3 Å². The van der Waals surface area contributed by atoms with E-state index in [1.807, 2.05) is 0 Å². The van der Waals surface area contributed by atoms with Gasteiger partial charge in [-0.2, -0.15) is 5.10 Å². The molecule has 0 aromatic carbocycles. The van der Waals surface area contributed by atoms with Crippen LogP contribution in [0.25, 0.3) is 0 Å². The van der Waals surface area contributed by atoms with Gasteiger partial charge in [0.2, 0.25) is 0 Å². The Morgan fingerprint density at radius 2 is 1.93 bits per heavy atom. The number of fused-ring (bicyclic) bond motifs is 2. The van der Waals surface area contributed by atoms with Crippen molar-refractivity contribution in [2.24, 2.45) is 0 Å². The number of hydrogen-bond donors (Lipinski definition) is 2. The van der Waals surface area contributed by atoms with E-state index in [1.54, 1.807) is 12.3 Å². The van der Waals surface area contributed by atoms with Crippen LogP contribution in [0.1, 0.15) is 48.3 Å². The molecule has 2 N–H and O–H groups in total. The van der Waals surface area contributed by atoms with Crippen molar-refractivity contribution in [3.8, 4) is 0 Å². The van der Waals surface area contributed by atoms with Crippen molar-refractivity contribution in [2.45, 2.75) is 50.9 Å². The van der Waals surface area contributed by atoms with Gasteiger partial charge in [-0.3, -0.25) is 9.89 Å². The monoisotopic (exact) mass is 397 g/mol. The average Bonchev–Trinajstić information content (AvgIpc) is 3.42. The summed E-state index contributed by atoms with van der Waals surface area (Å²) in [5, 5.41) is 18.5. The Morgan fingerprint density at radius 3 is 2.66 bits per heavy atom. The zero-order chi connectivity index (χ0) is 19.6. The summed E-state index contributed by atoms with van der Waals surface area (Å²) in [6.45, 7) is 4.12. The van der Waals surface area contributed by atoms with Gasteiger partial charge in [0.05, 0.1) is 24.4 Å². The molecule has 3 aliphatic heterocycles. The summed E-state index contributed by atoms with van der Waals surface area (Å²) in [5.74, 6) is 0.720. The molecule has 0 saturated carbocycles. The molecule has 9 nitrogen and oxygen atoms in total. The lowest BCUT2D eigenvalue weighted by Crippen LogP contribution is -2.43. The zero-order valence-electron chi connectivity index (χ0n) is 16.5. The molecule has 2 bridgehead atoms. The van der Waals surface area contributed by atoms with Gasteiger partial charge in [0.15, 0.2) is 5.82 Å². The third kappa shape index (κ3) is 3.91. The number of morpholine rings is 1. The zero-order valence-corrected chi connectivity index (χ0v) is 16.5. The van der Waals surface area contributed by atoms with Crippen LogP contribution in [0.15, 0.2) is 18.3 Å². The fourth-order valence-electron chi connectivity index (χ4n) is 4.53. The van der Waals surface area contributed by atoms with Gasteiger partial charge in [-0.1, -0.05) is 0 Å². The summed E-state index contributed by atoms with van der Waals surface area (Å²) >= 11 is 0. The lowest BCUT2D eigenvalue weighted by molar-refractivity contribution is 0.0301. The SMILES string of the molecule is O=C(NCc1nnc(N2CC3CCC(C2)O3)cc1N1CCCCC1)c1ccn[nH]1. The molecule has 3 aliphatic rings. The van der Waals surface area contributed by atoms with E-state index in [0.29, 0.717) is 24.4 Å². The van der Waals surface area contributed by atoms with E-state index in [0.717, 1.165) is 56.2 Å². The van der Waals surface area contributed by atoms with E-state index < -0.39 is 0 Å². The molecule has 154 valence electrons. The average molecular weight is 397 g/mol. The number of piperidine rings is 1. The van der Waals surface area contributed by atoms with E-state index in [2.05, 4.69) is 41.6 Å². The summed E-state index contributed by atoms with van der Waals surface area (Å²) in [6, 6.07) is 3.81. The van der Waals surface area contributed by atoms with Crippen LogP contribution in [0.3, 0.4) is 0 Å². The first kappa shape index (κ1) is 18.4. The Hall–Kier alpha value is -2.68. The Bertz CT molecular complexity index is 839. The van der Waals surface area contributed by atoms with E-state index in [4.69, 9.17) is 4.74 Å². The lowest BCUT2D eigenvalue weighted by Gasteiger charge is -2.34. The van der Waals surface area contributed by atoms with Crippen molar-refractivity contribution in [3.63, 3.8) is 0 Å². The topological polar surface area (TPSA) is 99.3 Å². The van der Waals surface area contributed by atoms with Crippen LogP contribution in [0.5, 0.6) is 0 Å². The van der Waals surface area contributed by atoms with Gasteiger partial charge in [0, 0.05) is 38.4 Å². The van der Waals surface area contributed by atoms with Crippen LogP contribution >= 0.6 is 0 Å². The Kier molecular flexibility index (Phi) is 5.05. The number of ether oxygens (including phenoxy) is 1. The summed E-state index contributed by atoms with van der Waals surface area (Å²) in [7, 11) is 0. The number of nitrogens with zero attached hydrogens (tertiary/aromatic N) is 5. The Balaban J connectivity index is 1.37. The molecule has 5 rings (SSSR count). The number of carbonyl (C=O) groups is 1. The summed E-state index contributed by atoms with van der Waals surface area (Å²) in [6.07, 6.45) is 8.07. The highest BCUT2D eigenvalue weighted by Gasteiger charge is 2.34. The number of nitrogens with one attached hydrogen (secondary N) is 2. The first-order valence-corrected chi connectivity index (χ1v) is 10.6. The molecule has 9 heteroatoms. The van der Waals surface area contributed by atoms with Crippen LogP contribution in [0.2, 0.25) is 0 Å². The molecule has 1 amide bonds. The molecule has 2 aromatic heterocycles. The minimum atomic E-state index is -0.192. The second kappa shape index (κ2) is 7.98. The fraction of sp³-hybridized carbons (Fsp3) is 0.600. The maximum absolute atomic E-state index is 12.3. The molecule has 29 heavy (non-hydrogen) atoms. The molecule has 2 aromatic rings. The number of aromatic nitrogens is 4. The lowest BCUT2D eigenvalue weighted by atomic mass is 10.1. The maximum Gasteiger partial charge on any atom is 0.269 e. The molecular formula is C20H27N7O2. The number of hydrogen-bond acceptors (Lipinski definition) is 7.